The fourth-order valence-corrected chi connectivity index (χ4v) is 1.68. The Morgan fingerprint density at radius 1 is 1.50 bits per heavy atom. The largest absolute Gasteiger partial charge is 0.407 e. The third kappa shape index (κ3) is 2.70. The van der Waals surface area contributed by atoms with E-state index in [9.17, 15) is 0 Å². The molecule has 0 atom stereocenters. The van der Waals surface area contributed by atoms with E-state index in [0.29, 0.717) is 17.3 Å². The Labute approximate surface area is 94.6 Å². The van der Waals surface area contributed by atoms with Crippen molar-refractivity contribution >= 4 is 6.01 Å². The van der Waals surface area contributed by atoms with Crippen LogP contribution in [0.15, 0.2) is 4.42 Å². The van der Waals surface area contributed by atoms with E-state index < -0.39 is 0 Å². The molecule has 0 spiro atoms. The maximum Gasteiger partial charge on any atom is 0.315 e. The van der Waals surface area contributed by atoms with Gasteiger partial charge in [-0.15, -0.1) is 5.10 Å². The average Bonchev–Trinajstić information content (AvgIpc) is 2.93. The van der Waals surface area contributed by atoms with Gasteiger partial charge in [0.15, 0.2) is 0 Å². The molecule has 1 heterocycles. The van der Waals surface area contributed by atoms with Gasteiger partial charge in [0, 0.05) is 20.3 Å². The standard InChI is InChI=1S/C10H18N4O2/c1-15-5-4-10(2-3-10)7-12-9-14-13-8(6-11)16-9/h2-7,11H2,1H3,(H,12,14). The average molecular weight is 226 g/mol. The molecule has 0 aromatic carbocycles. The molecule has 90 valence electrons. The minimum atomic E-state index is 0.281. The zero-order valence-electron chi connectivity index (χ0n) is 9.53. The summed E-state index contributed by atoms with van der Waals surface area (Å²) in [5.74, 6) is 0.462. The number of nitrogens with one attached hydrogen (secondary N) is 1. The Morgan fingerprint density at radius 2 is 2.31 bits per heavy atom. The van der Waals surface area contributed by atoms with E-state index in [2.05, 4.69) is 15.5 Å². The molecule has 0 unspecified atom stereocenters. The molecule has 2 rings (SSSR count). The van der Waals surface area contributed by atoms with Crippen LogP contribution in [-0.4, -0.2) is 30.5 Å². The van der Waals surface area contributed by atoms with E-state index in [0.717, 1.165) is 19.6 Å². The van der Waals surface area contributed by atoms with Crippen molar-refractivity contribution in [2.75, 3.05) is 25.6 Å². The van der Waals surface area contributed by atoms with Gasteiger partial charge >= 0.3 is 6.01 Å². The van der Waals surface area contributed by atoms with Crippen LogP contribution < -0.4 is 11.1 Å². The van der Waals surface area contributed by atoms with Gasteiger partial charge in [-0.3, -0.25) is 0 Å². The Kier molecular flexibility index (Phi) is 3.40. The molecule has 1 aliphatic carbocycles. The van der Waals surface area contributed by atoms with Crippen LogP contribution in [0.5, 0.6) is 0 Å². The summed E-state index contributed by atoms with van der Waals surface area (Å²) >= 11 is 0. The van der Waals surface area contributed by atoms with Gasteiger partial charge in [-0.05, 0) is 24.7 Å². The molecule has 1 saturated carbocycles. The maximum atomic E-state index is 5.38. The van der Waals surface area contributed by atoms with Crippen LogP contribution in [0.1, 0.15) is 25.2 Å². The highest BCUT2D eigenvalue weighted by Crippen LogP contribution is 2.48. The summed E-state index contributed by atoms with van der Waals surface area (Å²) in [5.41, 5.74) is 5.75. The highest BCUT2D eigenvalue weighted by molar-refractivity contribution is 5.19. The number of aromatic nitrogens is 2. The predicted octanol–water partition coefficient (Wildman–Crippen LogP) is 0.757. The molecule has 6 nitrogen and oxygen atoms in total. The van der Waals surface area contributed by atoms with Crippen molar-refractivity contribution in [3.63, 3.8) is 0 Å². The lowest BCUT2D eigenvalue weighted by molar-refractivity contribution is 0.174. The van der Waals surface area contributed by atoms with Crippen molar-refractivity contribution < 1.29 is 9.15 Å². The van der Waals surface area contributed by atoms with E-state index in [1.54, 1.807) is 7.11 Å². The summed E-state index contributed by atoms with van der Waals surface area (Å²) in [7, 11) is 1.73. The van der Waals surface area contributed by atoms with E-state index >= 15 is 0 Å². The smallest absolute Gasteiger partial charge is 0.315 e. The van der Waals surface area contributed by atoms with Crippen molar-refractivity contribution in [2.24, 2.45) is 11.1 Å². The maximum absolute atomic E-state index is 5.38. The fraction of sp³-hybridized carbons (Fsp3) is 0.800. The van der Waals surface area contributed by atoms with Crippen molar-refractivity contribution in [3.8, 4) is 0 Å². The van der Waals surface area contributed by atoms with Crippen LogP contribution >= 0.6 is 0 Å². The van der Waals surface area contributed by atoms with Crippen LogP contribution in [0, 0.1) is 5.41 Å². The molecular weight excluding hydrogens is 208 g/mol. The zero-order chi connectivity index (χ0) is 11.4. The number of hydrogen-bond acceptors (Lipinski definition) is 6. The molecule has 6 heteroatoms. The first-order valence-corrected chi connectivity index (χ1v) is 5.53. The van der Waals surface area contributed by atoms with Crippen LogP contribution in [0.4, 0.5) is 6.01 Å². The number of hydrogen-bond donors (Lipinski definition) is 2. The lowest BCUT2D eigenvalue weighted by Crippen LogP contribution is -2.17. The van der Waals surface area contributed by atoms with Crippen LogP contribution in [0.3, 0.4) is 0 Å². The monoisotopic (exact) mass is 226 g/mol. The van der Waals surface area contributed by atoms with Crippen LogP contribution in [-0.2, 0) is 11.3 Å². The highest BCUT2D eigenvalue weighted by atomic mass is 16.5. The van der Waals surface area contributed by atoms with Gasteiger partial charge in [-0.1, -0.05) is 5.10 Å². The number of methoxy groups -OCH3 is 1. The first-order chi connectivity index (χ1) is 7.78. The topological polar surface area (TPSA) is 86.2 Å². The minimum absolute atomic E-state index is 0.281. The Morgan fingerprint density at radius 3 is 2.88 bits per heavy atom. The zero-order valence-corrected chi connectivity index (χ0v) is 9.53. The second kappa shape index (κ2) is 4.80. The van der Waals surface area contributed by atoms with Gasteiger partial charge in [0.2, 0.25) is 5.89 Å². The first kappa shape index (κ1) is 11.3. The normalized spacial score (nSPS) is 17.4. The van der Waals surface area contributed by atoms with Crippen molar-refractivity contribution in [2.45, 2.75) is 25.8 Å². The molecule has 1 fully saturated rings. The van der Waals surface area contributed by atoms with Gasteiger partial charge < -0.3 is 20.2 Å². The number of nitrogens with zero attached hydrogens (tertiary/aromatic N) is 2. The predicted molar refractivity (Wildman–Crippen MR) is 58.8 cm³/mol. The van der Waals surface area contributed by atoms with E-state index in [4.69, 9.17) is 14.9 Å². The summed E-state index contributed by atoms with van der Waals surface area (Å²) in [5, 5.41) is 10.8. The van der Waals surface area contributed by atoms with Gasteiger partial charge in [0.05, 0.1) is 6.54 Å². The number of nitrogens with two attached hydrogens (primary N) is 1. The van der Waals surface area contributed by atoms with Crippen LogP contribution in [0.2, 0.25) is 0 Å². The Balaban J connectivity index is 1.78. The van der Waals surface area contributed by atoms with E-state index in [-0.39, 0.29) is 6.54 Å². The highest BCUT2D eigenvalue weighted by Gasteiger charge is 2.42. The molecule has 1 aromatic rings. The summed E-state index contributed by atoms with van der Waals surface area (Å²) in [6.45, 7) is 1.95. The molecule has 0 amide bonds. The van der Waals surface area contributed by atoms with E-state index in [1.165, 1.54) is 12.8 Å². The summed E-state index contributed by atoms with van der Waals surface area (Å²) in [4.78, 5) is 0. The minimum Gasteiger partial charge on any atom is -0.407 e. The summed E-state index contributed by atoms with van der Waals surface area (Å²) < 4.78 is 10.4. The molecule has 0 radical (unpaired) electrons. The van der Waals surface area contributed by atoms with Crippen molar-refractivity contribution in [1.82, 2.24) is 10.2 Å². The third-order valence-corrected chi connectivity index (χ3v) is 3.05. The molecule has 1 aliphatic rings. The lowest BCUT2D eigenvalue weighted by Gasteiger charge is -2.13. The molecular formula is C10H18N4O2. The quantitative estimate of drug-likeness (QED) is 0.713. The first-order valence-electron chi connectivity index (χ1n) is 5.53. The lowest BCUT2D eigenvalue weighted by atomic mass is 10.0. The van der Waals surface area contributed by atoms with Gasteiger partial charge in [-0.25, -0.2) is 0 Å². The fourth-order valence-electron chi connectivity index (χ4n) is 1.68. The van der Waals surface area contributed by atoms with Gasteiger partial charge in [0.1, 0.15) is 0 Å². The Hall–Kier alpha value is -1.14. The van der Waals surface area contributed by atoms with Crippen molar-refractivity contribution in [3.05, 3.63) is 5.89 Å². The number of rotatable bonds is 7. The molecule has 3 N–H and O–H groups in total. The van der Waals surface area contributed by atoms with E-state index in [1.807, 2.05) is 0 Å². The summed E-state index contributed by atoms with van der Waals surface area (Å²) in [6.07, 6.45) is 3.55. The van der Waals surface area contributed by atoms with Gasteiger partial charge in [0.25, 0.3) is 0 Å². The third-order valence-electron chi connectivity index (χ3n) is 3.05. The Bertz CT molecular complexity index is 335. The number of ether oxygens (including phenoxy) is 1. The molecule has 0 aliphatic heterocycles. The number of anilines is 1. The van der Waals surface area contributed by atoms with Crippen molar-refractivity contribution in [1.29, 1.82) is 0 Å². The molecule has 0 bridgehead atoms. The van der Waals surface area contributed by atoms with Gasteiger partial charge in [-0.2, -0.15) is 0 Å². The van der Waals surface area contributed by atoms with Crippen LogP contribution in [0.25, 0.3) is 0 Å². The molecule has 16 heavy (non-hydrogen) atoms. The molecule has 0 saturated heterocycles. The summed E-state index contributed by atoms with van der Waals surface area (Å²) in [6, 6.07) is 0.462. The second-order valence-corrected chi connectivity index (χ2v) is 4.30. The second-order valence-electron chi connectivity index (χ2n) is 4.30. The SMILES string of the molecule is COCCC1(CNc2nnc(CN)o2)CC1. The molecule has 1 aromatic heterocycles.